The summed E-state index contributed by atoms with van der Waals surface area (Å²) < 4.78 is 4.91. The topological polar surface area (TPSA) is 80.9 Å². The summed E-state index contributed by atoms with van der Waals surface area (Å²) in [6, 6.07) is 8.25. The highest BCUT2D eigenvalue weighted by atomic mass is 79.9. The van der Waals surface area contributed by atoms with Gasteiger partial charge in [0.1, 0.15) is 6.33 Å². The van der Waals surface area contributed by atoms with E-state index in [2.05, 4.69) is 57.6 Å². The van der Waals surface area contributed by atoms with Crippen LogP contribution in [0.3, 0.4) is 0 Å². The predicted molar refractivity (Wildman–Crippen MR) is 141 cm³/mol. The third-order valence-corrected chi connectivity index (χ3v) is 9.79. The number of imidazole rings is 1. The molecule has 0 spiro atoms. The maximum Gasteiger partial charge on any atom is 0.233 e. The lowest BCUT2D eigenvalue weighted by molar-refractivity contribution is -0.150. The van der Waals surface area contributed by atoms with Crippen LogP contribution >= 0.6 is 15.9 Å². The summed E-state index contributed by atoms with van der Waals surface area (Å²) in [7, 11) is 0. The number of halogens is 1. The van der Waals surface area contributed by atoms with E-state index in [1.165, 1.54) is 38.8 Å². The predicted octanol–water partition coefficient (Wildman–Crippen LogP) is 4.81. The van der Waals surface area contributed by atoms with Crippen molar-refractivity contribution >= 4 is 38.8 Å². The summed E-state index contributed by atoms with van der Waals surface area (Å²) in [4.78, 5) is 26.0. The monoisotopic (exact) mass is 551 g/mol. The number of benzene rings is 1. The third kappa shape index (κ3) is 3.81. The van der Waals surface area contributed by atoms with Gasteiger partial charge in [0, 0.05) is 13.1 Å². The van der Waals surface area contributed by atoms with E-state index in [1.54, 1.807) is 0 Å². The number of aromatic nitrogens is 5. The van der Waals surface area contributed by atoms with Crippen molar-refractivity contribution in [1.82, 2.24) is 29.2 Å². The Bertz CT molecular complexity index is 1280. The van der Waals surface area contributed by atoms with Crippen molar-refractivity contribution in [3.8, 4) is 0 Å². The summed E-state index contributed by atoms with van der Waals surface area (Å²) in [5, 5.41) is 8.01. The van der Waals surface area contributed by atoms with E-state index in [4.69, 9.17) is 4.98 Å². The van der Waals surface area contributed by atoms with Crippen molar-refractivity contribution in [3.05, 3.63) is 35.3 Å². The summed E-state index contributed by atoms with van der Waals surface area (Å²) in [6.45, 7) is 4.16. The van der Waals surface area contributed by atoms with Gasteiger partial charge in [-0.1, -0.05) is 18.6 Å². The molecule has 1 saturated heterocycles. The Balaban J connectivity index is 1.18. The van der Waals surface area contributed by atoms with Crippen LogP contribution in [-0.2, 0) is 16.9 Å². The SMILES string of the molecule is O=C(Nc1nc2ccccc2n1CCN1CCCCC1)C12C[C@H]3C[C@H](C1)CC(n1cnc(Br)n1)(C3)C2. The first-order valence-electron chi connectivity index (χ1n) is 13.6. The van der Waals surface area contributed by atoms with E-state index in [-0.39, 0.29) is 16.9 Å². The Morgan fingerprint density at radius 2 is 1.83 bits per heavy atom. The Kier molecular flexibility index (Phi) is 5.50. The van der Waals surface area contributed by atoms with Crippen LogP contribution in [-0.4, -0.2) is 54.8 Å². The molecule has 3 heterocycles. The van der Waals surface area contributed by atoms with Crippen molar-refractivity contribution < 1.29 is 4.79 Å². The number of hydrogen-bond acceptors (Lipinski definition) is 5. The molecule has 190 valence electrons. The zero-order valence-corrected chi connectivity index (χ0v) is 22.3. The zero-order valence-electron chi connectivity index (χ0n) is 20.7. The third-order valence-electron chi connectivity index (χ3n) is 9.43. The van der Waals surface area contributed by atoms with Gasteiger partial charge in [-0.05, 0) is 104 Å². The normalized spacial score (nSPS) is 31.8. The van der Waals surface area contributed by atoms with Gasteiger partial charge < -0.3 is 9.47 Å². The quantitative estimate of drug-likeness (QED) is 0.475. The Morgan fingerprint density at radius 1 is 1.06 bits per heavy atom. The summed E-state index contributed by atoms with van der Waals surface area (Å²) >= 11 is 3.43. The molecule has 0 radical (unpaired) electrons. The fourth-order valence-corrected chi connectivity index (χ4v) is 8.54. The average molecular weight is 553 g/mol. The summed E-state index contributed by atoms with van der Waals surface area (Å²) in [5.41, 5.74) is 1.58. The lowest BCUT2D eigenvalue weighted by atomic mass is 9.46. The zero-order chi connectivity index (χ0) is 24.3. The fraction of sp³-hybridized carbons (Fsp3) is 0.630. The molecule has 1 aromatic carbocycles. The maximum atomic E-state index is 14.2. The van der Waals surface area contributed by atoms with Crippen LogP contribution in [0, 0.1) is 17.3 Å². The van der Waals surface area contributed by atoms with Gasteiger partial charge in [0.15, 0.2) is 0 Å². The Hall–Kier alpha value is -2.26. The van der Waals surface area contributed by atoms with Crippen LogP contribution in [0.4, 0.5) is 5.95 Å². The molecule has 36 heavy (non-hydrogen) atoms. The second-order valence-electron chi connectivity index (χ2n) is 11.9. The van der Waals surface area contributed by atoms with Gasteiger partial charge in [0.05, 0.1) is 22.0 Å². The first-order valence-corrected chi connectivity index (χ1v) is 14.4. The molecule has 3 aromatic rings. The number of anilines is 1. The van der Waals surface area contributed by atoms with E-state index in [0.717, 1.165) is 56.2 Å². The second-order valence-corrected chi connectivity index (χ2v) is 12.6. The number of carbonyl (C=O) groups excluding carboxylic acids is 1. The molecule has 1 N–H and O–H groups in total. The molecule has 8 nitrogen and oxygen atoms in total. The molecule has 5 aliphatic rings. The number of amides is 1. The number of carbonyl (C=O) groups is 1. The number of nitrogens with zero attached hydrogens (tertiary/aromatic N) is 6. The van der Waals surface area contributed by atoms with Crippen molar-refractivity contribution in [2.75, 3.05) is 25.0 Å². The molecule has 8 rings (SSSR count). The number of para-hydroxylation sites is 2. The highest BCUT2D eigenvalue weighted by Gasteiger charge is 2.61. The molecular formula is C27H34BrN7O. The minimum Gasteiger partial charge on any atom is -0.309 e. The fourth-order valence-electron chi connectivity index (χ4n) is 8.28. The number of piperidine rings is 1. The van der Waals surface area contributed by atoms with E-state index < -0.39 is 0 Å². The molecule has 2 aromatic heterocycles. The minimum atomic E-state index is -0.363. The first-order chi connectivity index (χ1) is 17.5. The van der Waals surface area contributed by atoms with Crippen LogP contribution in [0.25, 0.3) is 11.0 Å². The van der Waals surface area contributed by atoms with E-state index in [1.807, 2.05) is 18.5 Å². The van der Waals surface area contributed by atoms with Gasteiger partial charge >= 0.3 is 0 Å². The number of likely N-dealkylation sites (tertiary alicyclic amines) is 1. The smallest absolute Gasteiger partial charge is 0.233 e. The van der Waals surface area contributed by atoms with E-state index >= 15 is 0 Å². The van der Waals surface area contributed by atoms with Gasteiger partial charge in [-0.3, -0.25) is 10.1 Å². The van der Waals surface area contributed by atoms with Gasteiger partial charge in [0.25, 0.3) is 0 Å². The van der Waals surface area contributed by atoms with Gasteiger partial charge in [-0.15, -0.1) is 5.10 Å². The largest absolute Gasteiger partial charge is 0.309 e. The molecule has 4 saturated carbocycles. The molecule has 1 aliphatic heterocycles. The first kappa shape index (κ1) is 22.9. The highest BCUT2D eigenvalue weighted by molar-refractivity contribution is 9.10. The number of hydrogen-bond donors (Lipinski definition) is 1. The lowest BCUT2D eigenvalue weighted by Crippen LogP contribution is -2.60. The standard InChI is InChI=1S/C27H34BrN7O/c28-24-29-18-35(32-24)27-15-19-12-20(16-27)14-26(13-19,17-27)23(36)31-25-30-21-6-2-3-7-22(21)34(25)11-10-33-8-4-1-5-9-33/h2-3,6-7,18-20H,1,4-5,8-17H2,(H,30,31,36)/t19-,20-,26?,27?/m1/s1. The minimum absolute atomic E-state index is 0.102. The van der Waals surface area contributed by atoms with Gasteiger partial charge in [-0.2, -0.15) is 0 Å². The molecule has 5 fully saturated rings. The lowest BCUT2D eigenvalue weighted by Gasteiger charge is -2.60. The molecular weight excluding hydrogens is 518 g/mol. The van der Waals surface area contributed by atoms with Crippen LogP contribution in [0.2, 0.25) is 0 Å². The summed E-state index contributed by atoms with van der Waals surface area (Å²) in [6.07, 6.45) is 12.0. The molecule has 0 unspecified atom stereocenters. The average Bonchev–Trinajstić information content (AvgIpc) is 3.46. The van der Waals surface area contributed by atoms with Gasteiger partial charge in [-0.25, -0.2) is 14.6 Å². The van der Waals surface area contributed by atoms with Gasteiger partial charge in [0.2, 0.25) is 16.6 Å². The van der Waals surface area contributed by atoms with Crippen molar-refractivity contribution in [3.63, 3.8) is 0 Å². The van der Waals surface area contributed by atoms with Crippen LogP contribution in [0.15, 0.2) is 35.3 Å². The summed E-state index contributed by atoms with van der Waals surface area (Å²) in [5.74, 6) is 1.98. The maximum absolute atomic E-state index is 14.2. The van der Waals surface area contributed by atoms with Crippen molar-refractivity contribution in [1.29, 1.82) is 0 Å². The molecule has 9 heteroatoms. The number of rotatable bonds is 6. The molecule has 4 bridgehead atoms. The Labute approximate surface area is 220 Å². The van der Waals surface area contributed by atoms with E-state index in [0.29, 0.717) is 22.5 Å². The molecule has 4 aliphatic carbocycles. The number of nitrogens with one attached hydrogen (secondary N) is 1. The molecule has 1 amide bonds. The van der Waals surface area contributed by atoms with Crippen LogP contribution in [0.1, 0.15) is 57.8 Å². The number of fused-ring (bicyclic) bond motifs is 1. The highest BCUT2D eigenvalue weighted by Crippen LogP contribution is 2.64. The molecule has 2 atom stereocenters. The second kappa shape index (κ2) is 8.65. The van der Waals surface area contributed by atoms with Crippen molar-refractivity contribution in [2.24, 2.45) is 17.3 Å². The van der Waals surface area contributed by atoms with Crippen molar-refractivity contribution in [2.45, 2.75) is 69.9 Å². The van der Waals surface area contributed by atoms with E-state index in [9.17, 15) is 4.79 Å². The Morgan fingerprint density at radius 3 is 2.58 bits per heavy atom. The van der Waals surface area contributed by atoms with Crippen LogP contribution < -0.4 is 5.32 Å². The van der Waals surface area contributed by atoms with Crippen LogP contribution in [0.5, 0.6) is 0 Å².